The summed E-state index contributed by atoms with van der Waals surface area (Å²) < 4.78 is 27.1. The first-order valence-electron chi connectivity index (χ1n) is 6.35. The van der Waals surface area contributed by atoms with Gasteiger partial charge < -0.3 is 5.32 Å². The van der Waals surface area contributed by atoms with Crippen molar-refractivity contribution in [1.29, 1.82) is 0 Å². The molecule has 0 bridgehead atoms. The zero-order valence-corrected chi connectivity index (χ0v) is 11.5. The topological polar surface area (TPSA) is 58.2 Å². The zero-order valence-electron chi connectivity index (χ0n) is 10.6. The molecule has 1 aliphatic heterocycles. The maximum absolute atomic E-state index is 12.2. The number of piperidine rings is 1. The average Bonchev–Trinajstić information content (AvgIpc) is 2.38. The summed E-state index contributed by atoms with van der Waals surface area (Å²) >= 11 is 0. The molecule has 2 rings (SSSR count). The molecule has 5 heteroatoms. The van der Waals surface area contributed by atoms with Gasteiger partial charge in [0.15, 0.2) is 0 Å². The van der Waals surface area contributed by atoms with Crippen LogP contribution in [0.15, 0.2) is 29.2 Å². The molecule has 0 saturated carbocycles. The van der Waals surface area contributed by atoms with Gasteiger partial charge >= 0.3 is 0 Å². The van der Waals surface area contributed by atoms with Gasteiger partial charge in [0.2, 0.25) is 10.0 Å². The third-order valence-electron chi connectivity index (χ3n) is 3.40. The van der Waals surface area contributed by atoms with Gasteiger partial charge in [-0.2, -0.15) is 0 Å². The van der Waals surface area contributed by atoms with E-state index < -0.39 is 10.0 Å². The first-order valence-corrected chi connectivity index (χ1v) is 7.84. The molecule has 0 atom stereocenters. The van der Waals surface area contributed by atoms with Crippen molar-refractivity contribution >= 4 is 10.0 Å². The summed E-state index contributed by atoms with van der Waals surface area (Å²) in [7, 11) is -3.36. The molecule has 1 saturated heterocycles. The lowest BCUT2D eigenvalue weighted by molar-refractivity contribution is 0.372. The Balaban J connectivity index is 2.01. The van der Waals surface area contributed by atoms with Gasteiger partial charge in [-0.3, -0.25) is 0 Å². The van der Waals surface area contributed by atoms with Gasteiger partial charge in [-0.25, -0.2) is 13.1 Å². The lowest BCUT2D eigenvalue weighted by Crippen LogP contribution is -2.36. The molecule has 0 spiro atoms. The average molecular weight is 268 g/mol. The fourth-order valence-electron chi connectivity index (χ4n) is 2.25. The number of hydrogen-bond acceptors (Lipinski definition) is 3. The fourth-order valence-corrected chi connectivity index (χ4v) is 3.61. The lowest BCUT2D eigenvalue weighted by Gasteiger charge is -2.22. The second-order valence-electron chi connectivity index (χ2n) is 4.81. The molecule has 1 heterocycles. The highest BCUT2D eigenvalue weighted by Gasteiger charge is 2.19. The summed E-state index contributed by atoms with van der Waals surface area (Å²) in [4.78, 5) is 0.388. The molecular formula is C13H20N2O2S. The summed E-state index contributed by atoms with van der Waals surface area (Å²) in [6.07, 6.45) is 2.08. The predicted molar refractivity (Wildman–Crippen MR) is 72.0 cm³/mol. The fraction of sp³-hybridized carbons (Fsp3) is 0.538. The minimum atomic E-state index is -3.36. The van der Waals surface area contributed by atoms with Crippen LogP contribution in [0.25, 0.3) is 0 Å². The highest BCUT2D eigenvalue weighted by molar-refractivity contribution is 7.89. The second kappa shape index (κ2) is 5.82. The Morgan fingerprint density at radius 1 is 1.28 bits per heavy atom. The monoisotopic (exact) mass is 268 g/mol. The lowest BCUT2D eigenvalue weighted by atomic mass is 9.99. The van der Waals surface area contributed by atoms with Crippen LogP contribution >= 0.6 is 0 Å². The number of hydrogen-bond donors (Lipinski definition) is 2. The van der Waals surface area contributed by atoms with E-state index in [1.54, 1.807) is 12.1 Å². The van der Waals surface area contributed by atoms with Gasteiger partial charge in [0.05, 0.1) is 4.90 Å². The van der Waals surface area contributed by atoms with Crippen LogP contribution in [0.2, 0.25) is 0 Å². The molecule has 1 fully saturated rings. The van der Waals surface area contributed by atoms with Crippen molar-refractivity contribution in [2.75, 3.05) is 19.6 Å². The molecule has 0 aliphatic carbocycles. The third-order valence-corrected chi connectivity index (χ3v) is 4.99. The van der Waals surface area contributed by atoms with Crippen molar-refractivity contribution in [3.8, 4) is 0 Å². The smallest absolute Gasteiger partial charge is 0.240 e. The number of nitrogens with one attached hydrogen (secondary N) is 2. The molecule has 1 aromatic carbocycles. The Hall–Kier alpha value is -0.910. The summed E-state index contributed by atoms with van der Waals surface area (Å²) in [5.41, 5.74) is 0.787. The van der Waals surface area contributed by atoms with Crippen LogP contribution in [-0.2, 0) is 10.0 Å². The largest absolute Gasteiger partial charge is 0.317 e. The third kappa shape index (κ3) is 3.31. The van der Waals surface area contributed by atoms with E-state index in [0.29, 0.717) is 17.4 Å². The van der Waals surface area contributed by atoms with Crippen LogP contribution in [0.3, 0.4) is 0 Å². The Bertz CT molecular complexity index is 493. The predicted octanol–water partition coefficient (Wildman–Crippen LogP) is 1.27. The van der Waals surface area contributed by atoms with Gasteiger partial charge in [-0.05, 0) is 50.4 Å². The quantitative estimate of drug-likeness (QED) is 0.864. The zero-order chi connectivity index (χ0) is 13.0. The summed E-state index contributed by atoms with van der Waals surface area (Å²) in [6, 6.07) is 7.08. The number of sulfonamides is 1. The van der Waals surface area contributed by atoms with E-state index in [0.717, 1.165) is 31.5 Å². The van der Waals surface area contributed by atoms with Crippen molar-refractivity contribution in [2.45, 2.75) is 24.7 Å². The summed E-state index contributed by atoms with van der Waals surface area (Å²) in [5, 5.41) is 3.28. The molecule has 100 valence electrons. The highest BCUT2D eigenvalue weighted by Crippen LogP contribution is 2.15. The van der Waals surface area contributed by atoms with E-state index in [9.17, 15) is 8.42 Å². The van der Waals surface area contributed by atoms with Gasteiger partial charge in [-0.1, -0.05) is 18.2 Å². The Labute approximate surface area is 109 Å². The summed E-state index contributed by atoms with van der Waals surface area (Å²) in [6.45, 7) is 4.32. The van der Waals surface area contributed by atoms with Crippen molar-refractivity contribution in [1.82, 2.24) is 10.0 Å². The van der Waals surface area contributed by atoms with Crippen LogP contribution in [-0.4, -0.2) is 28.1 Å². The van der Waals surface area contributed by atoms with E-state index in [4.69, 9.17) is 0 Å². The molecule has 18 heavy (non-hydrogen) atoms. The number of benzene rings is 1. The first kappa shape index (κ1) is 13.5. The molecular weight excluding hydrogens is 248 g/mol. The molecule has 1 aliphatic rings. The van der Waals surface area contributed by atoms with E-state index in [2.05, 4.69) is 10.0 Å². The van der Waals surface area contributed by atoms with Gasteiger partial charge in [0.25, 0.3) is 0 Å². The molecule has 0 aromatic heterocycles. The van der Waals surface area contributed by atoms with Crippen LogP contribution in [0.1, 0.15) is 18.4 Å². The van der Waals surface area contributed by atoms with Crippen LogP contribution in [0.5, 0.6) is 0 Å². The molecule has 1 aromatic rings. The highest BCUT2D eigenvalue weighted by atomic mass is 32.2. The molecule has 0 unspecified atom stereocenters. The van der Waals surface area contributed by atoms with Crippen LogP contribution in [0.4, 0.5) is 0 Å². The van der Waals surface area contributed by atoms with E-state index in [1.807, 2.05) is 19.1 Å². The standard InChI is InChI=1S/C13H20N2O2S/c1-11-4-2-3-5-13(11)18(16,17)15-10-12-6-8-14-9-7-12/h2-5,12,14-15H,6-10H2,1H3. The number of aryl methyl sites for hydroxylation is 1. The van der Waals surface area contributed by atoms with Crippen molar-refractivity contribution in [3.63, 3.8) is 0 Å². The SMILES string of the molecule is Cc1ccccc1S(=O)(=O)NCC1CCNCC1. The van der Waals surface area contributed by atoms with Crippen molar-refractivity contribution in [2.24, 2.45) is 5.92 Å². The maximum atomic E-state index is 12.2. The minimum absolute atomic E-state index is 0.388. The van der Waals surface area contributed by atoms with Gasteiger partial charge in [0, 0.05) is 6.54 Å². The van der Waals surface area contributed by atoms with Gasteiger partial charge in [-0.15, -0.1) is 0 Å². The van der Waals surface area contributed by atoms with Crippen LogP contribution in [0, 0.1) is 12.8 Å². The Kier molecular flexibility index (Phi) is 4.37. The van der Waals surface area contributed by atoms with E-state index >= 15 is 0 Å². The van der Waals surface area contributed by atoms with Gasteiger partial charge in [0.1, 0.15) is 0 Å². The minimum Gasteiger partial charge on any atom is -0.317 e. The molecule has 4 nitrogen and oxygen atoms in total. The van der Waals surface area contributed by atoms with E-state index in [-0.39, 0.29) is 0 Å². The van der Waals surface area contributed by atoms with Crippen molar-refractivity contribution in [3.05, 3.63) is 29.8 Å². The Morgan fingerprint density at radius 3 is 2.61 bits per heavy atom. The Morgan fingerprint density at radius 2 is 1.94 bits per heavy atom. The first-order chi connectivity index (χ1) is 8.59. The van der Waals surface area contributed by atoms with Crippen molar-refractivity contribution < 1.29 is 8.42 Å². The molecule has 2 N–H and O–H groups in total. The number of rotatable bonds is 4. The van der Waals surface area contributed by atoms with E-state index in [1.165, 1.54) is 0 Å². The second-order valence-corrected chi connectivity index (χ2v) is 6.55. The van der Waals surface area contributed by atoms with Crippen LogP contribution < -0.4 is 10.0 Å². The normalized spacial score (nSPS) is 17.8. The maximum Gasteiger partial charge on any atom is 0.240 e. The molecule has 0 amide bonds. The molecule has 0 radical (unpaired) electrons. The summed E-state index contributed by atoms with van der Waals surface area (Å²) in [5.74, 6) is 0.449.